The highest BCUT2D eigenvalue weighted by Gasteiger charge is 2.28. The number of hydrogen-bond acceptors (Lipinski definition) is 4. The van der Waals surface area contributed by atoms with Crippen molar-refractivity contribution in [1.82, 2.24) is 9.80 Å². The molecule has 6 nitrogen and oxygen atoms in total. The standard InChI is InChI=1S/C21H24N2O4/c1-15-13-16(2)19(26-3)18(14-15)20(24)22-9-11-23(12-10-22)21(25)27-17-7-5-4-6-8-17/h4-8,13-14H,9-12H2,1-3H3. The fourth-order valence-corrected chi connectivity index (χ4v) is 3.30. The van der Waals surface area contributed by atoms with Gasteiger partial charge in [-0.25, -0.2) is 4.79 Å². The summed E-state index contributed by atoms with van der Waals surface area (Å²) in [5, 5.41) is 0. The largest absolute Gasteiger partial charge is 0.496 e. The van der Waals surface area contributed by atoms with Crippen LogP contribution in [0, 0.1) is 13.8 Å². The molecule has 0 N–H and O–H groups in total. The summed E-state index contributed by atoms with van der Waals surface area (Å²) in [6.07, 6.45) is -0.391. The molecule has 1 saturated heterocycles. The van der Waals surface area contributed by atoms with Crippen LogP contribution in [0.2, 0.25) is 0 Å². The summed E-state index contributed by atoms with van der Waals surface area (Å²) in [5.41, 5.74) is 2.52. The Morgan fingerprint density at radius 2 is 1.56 bits per heavy atom. The van der Waals surface area contributed by atoms with E-state index in [-0.39, 0.29) is 5.91 Å². The van der Waals surface area contributed by atoms with Crippen molar-refractivity contribution < 1.29 is 19.1 Å². The number of piperazine rings is 1. The molecule has 2 aromatic carbocycles. The number of rotatable bonds is 3. The number of ether oxygens (including phenoxy) is 2. The Morgan fingerprint density at radius 1 is 0.926 bits per heavy atom. The average Bonchev–Trinajstić information content (AvgIpc) is 2.68. The lowest BCUT2D eigenvalue weighted by atomic mass is 10.0. The minimum Gasteiger partial charge on any atom is -0.496 e. The normalized spacial score (nSPS) is 14.0. The maximum Gasteiger partial charge on any atom is 0.415 e. The lowest BCUT2D eigenvalue weighted by Crippen LogP contribution is -2.51. The third-order valence-corrected chi connectivity index (χ3v) is 4.63. The molecule has 0 atom stereocenters. The second-order valence-corrected chi connectivity index (χ2v) is 6.62. The number of methoxy groups -OCH3 is 1. The van der Waals surface area contributed by atoms with E-state index in [1.807, 2.05) is 44.2 Å². The van der Waals surface area contributed by atoms with Crippen LogP contribution in [0.5, 0.6) is 11.5 Å². The number of para-hydroxylation sites is 1. The summed E-state index contributed by atoms with van der Waals surface area (Å²) in [4.78, 5) is 28.6. The molecule has 0 aromatic heterocycles. The number of carbonyl (C=O) groups excluding carboxylic acids is 2. The van der Waals surface area contributed by atoms with E-state index in [0.717, 1.165) is 11.1 Å². The zero-order valence-corrected chi connectivity index (χ0v) is 15.9. The van der Waals surface area contributed by atoms with Crippen LogP contribution in [-0.4, -0.2) is 55.1 Å². The zero-order chi connectivity index (χ0) is 19.4. The van der Waals surface area contributed by atoms with Crippen LogP contribution in [0.15, 0.2) is 42.5 Å². The molecule has 0 spiro atoms. The molecule has 2 amide bonds. The smallest absolute Gasteiger partial charge is 0.415 e. The molecule has 0 radical (unpaired) electrons. The molecule has 0 aliphatic carbocycles. The second-order valence-electron chi connectivity index (χ2n) is 6.62. The van der Waals surface area contributed by atoms with Crippen LogP contribution < -0.4 is 9.47 Å². The fourth-order valence-electron chi connectivity index (χ4n) is 3.30. The Morgan fingerprint density at radius 3 is 2.19 bits per heavy atom. The second kappa shape index (κ2) is 8.12. The minimum atomic E-state index is -0.391. The molecule has 0 unspecified atom stereocenters. The van der Waals surface area contributed by atoms with Crippen LogP contribution >= 0.6 is 0 Å². The highest BCUT2D eigenvalue weighted by molar-refractivity contribution is 5.97. The average molecular weight is 368 g/mol. The SMILES string of the molecule is COc1c(C)cc(C)cc1C(=O)N1CCN(C(=O)Oc2ccccc2)CC1. The molecule has 1 heterocycles. The summed E-state index contributed by atoms with van der Waals surface area (Å²) in [5.74, 6) is 1.05. The van der Waals surface area contributed by atoms with Crippen molar-refractivity contribution in [2.75, 3.05) is 33.3 Å². The third kappa shape index (κ3) is 4.22. The van der Waals surface area contributed by atoms with E-state index in [4.69, 9.17) is 9.47 Å². The first-order valence-electron chi connectivity index (χ1n) is 8.96. The van der Waals surface area contributed by atoms with E-state index in [9.17, 15) is 9.59 Å². The maximum atomic E-state index is 13.0. The summed E-state index contributed by atoms with van der Waals surface area (Å²) < 4.78 is 10.8. The molecule has 6 heteroatoms. The molecular formula is C21H24N2O4. The number of nitrogens with zero attached hydrogens (tertiary/aromatic N) is 2. The first-order chi connectivity index (χ1) is 13.0. The van der Waals surface area contributed by atoms with E-state index < -0.39 is 6.09 Å². The molecule has 142 valence electrons. The summed E-state index contributed by atoms with van der Waals surface area (Å²) in [7, 11) is 1.58. The first-order valence-corrected chi connectivity index (χ1v) is 8.96. The van der Waals surface area contributed by atoms with Gasteiger partial charge in [-0.2, -0.15) is 0 Å². The lowest BCUT2D eigenvalue weighted by molar-refractivity contribution is 0.0630. The van der Waals surface area contributed by atoms with Gasteiger partial charge in [0.25, 0.3) is 5.91 Å². The van der Waals surface area contributed by atoms with Gasteiger partial charge in [-0.15, -0.1) is 0 Å². The fraction of sp³-hybridized carbons (Fsp3) is 0.333. The molecule has 1 aliphatic heterocycles. The van der Waals surface area contributed by atoms with E-state index in [1.165, 1.54) is 0 Å². The predicted octanol–water partition coefficient (Wildman–Crippen LogP) is 3.27. The van der Waals surface area contributed by atoms with Gasteiger partial charge in [-0.1, -0.05) is 24.3 Å². The Labute approximate surface area is 159 Å². The zero-order valence-electron chi connectivity index (χ0n) is 15.9. The third-order valence-electron chi connectivity index (χ3n) is 4.63. The van der Waals surface area contributed by atoms with Crippen molar-refractivity contribution in [1.29, 1.82) is 0 Å². The minimum absolute atomic E-state index is 0.0743. The lowest BCUT2D eigenvalue weighted by Gasteiger charge is -2.34. The van der Waals surface area contributed by atoms with Gasteiger partial charge < -0.3 is 19.3 Å². The molecule has 1 aliphatic rings. The van der Waals surface area contributed by atoms with Crippen LogP contribution in [-0.2, 0) is 0 Å². The van der Waals surface area contributed by atoms with Crippen LogP contribution in [0.3, 0.4) is 0 Å². The molecule has 2 aromatic rings. The van der Waals surface area contributed by atoms with Crippen molar-refractivity contribution in [2.45, 2.75) is 13.8 Å². The van der Waals surface area contributed by atoms with Gasteiger partial charge in [0.05, 0.1) is 12.7 Å². The van der Waals surface area contributed by atoms with E-state index >= 15 is 0 Å². The van der Waals surface area contributed by atoms with Gasteiger partial charge >= 0.3 is 6.09 Å². The molecular weight excluding hydrogens is 344 g/mol. The van der Waals surface area contributed by atoms with Crippen molar-refractivity contribution in [3.8, 4) is 11.5 Å². The summed E-state index contributed by atoms with van der Waals surface area (Å²) >= 11 is 0. The van der Waals surface area contributed by atoms with E-state index in [0.29, 0.717) is 43.2 Å². The van der Waals surface area contributed by atoms with Crippen molar-refractivity contribution in [2.24, 2.45) is 0 Å². The van der Waals surface area contributed by atoms with Gasteiger partial charge in [0.1, 0.15) is 11.5 Å². The Kier molecular flexibility index (Phi) is 5.64. The number of hydrogen-bond donors (Lipinski definition) is 0. The monoisotopic (exact) mass is 368 g/mol. The van der Waals surface area contributed by atoms with Crippen LogP contribution in [0.1, 0.15) is 21.5 Å². The van der Waals surface area contributed by atoms with Gasteiger partial charge in [0.2, 0.25) is 0 Å². The van der Waals surface area contributed by atoms with E-state index in [1.54, 1.807) is 29.0 Å². The number of amides is 2. The quantitative estimate of drug-likeness (QED) is 0.834. The topological polar surface area (TPSA) is 59.1 Å². The number of carbonyl (C=O) groups is 2. The van der Waals surface area contributed by atoms with Crippen molar-refractivity contribution >= 4 is 12.0 Å². The molecule has 0 saturated carbocycles. The van der Waals surface area contributed by atoms with Crippen molar-refractivity contribution in [3.63, 3.8) is 0 Å². The highest BCUT2D eigenvalue weighted by atomic mass is 16.6. The first kappa shape index (κ1) is 18.8. The van der Waals surface area contributed by atoms with Crippen LogP contribution in [0.25, 0.3) is 0 Å². The van der Waals surface area contributed by atoms with Crippen LogP contribution in [0.4, 0.5) is 4.79 Å². The summed E-state index contributed by atoms with van der Waals surface area (Å²) in [6.45, 7) is 5.67. The molecule has 27 heavy (non-hydrogen) atoms. The van der Waals surface area contributed by atoms with Gasteiger partial charge in [0.15, 0.2) is 0 Å². The predicted molar refractivity (Wildman–Crippen MR) is 102 cm³/mol. The van der Waals surface area contributed by atoms with E-state index in [2.05, 4.69) is 0 Å². The number of aryl methyl sites for hydroxylation is 2. The van der Waals surface area contributed by atoms with Gasteiger partial charge in [-0.05, 0) is 43.2 Å². The number of benzene rings is 2. The highest BCUT2D eigenvalue weighted by Crippen LogP contribution is 2.26. The molecule has 3 rings (SSSR count). The Bertz CT molecular complexity index is 828. The molecule has 0 bridgehead atoms. The van der Waals surface area contributed by atoms with Gasteiger partial charge in [0, 0.05) is 26.2 Å². The Hall–Kier alpha value is -3.02. The summed E-state index contributed by atoms with van der Waals surface area (Å²) in [6, 6.07) is 12.8. The molecule has 1 fully saturated rings. The van der Waals surface area contributed by atoms with Crippen molar-refractivity contribution in [3.05, 3.63) is 59.2 Å². The van der Waals surface area contributed by atoms with Gasteiger partial charge in [-0.3, -0.25) is 4.79 Å². The Balaban J connectivity index is 1.64. The maximum absolute atomic E-state index is 13.0.